The lowest BCUT2D eigenvalue weighted by Gasteiger charge is -2.48. The van der Waals surface area contributed by atoms with Crippen molar-refractivity contribution in [3.63, 3.8) is 0 Å². The molecular formula is C23H35N3O. The maximum atomic E-state index is 12.2. The number of hydrogen-bond acceptors (Lipinski definition) is 2. The fourth-order valence-electron chi connectivity index (χ4n) is 5.43. The zero-order chi connectivity index (χ0) is 18.9. The molecule has 0 bridgehead atoms. The summed E-state index contributed by atoms with van der Waals surface area (Å²) >= 11 is 0. The zero-order valence-corrected chi connectivity index (χ0v) is 17.0. The van der Waals surface area contributed by atoms with E-state index in [1.54, 1.807) is 5.56 Å². The van der Waals surface area contributed by atoms with Crippen molar-refractivity contribution >= 4 is 6.03 Å². The van der Waals surface area contributed by atoms with E-state index in [1.165, 1.54) is 57.1 Å². The molecule has 0 unspecified atom stereocenters. The SMILES string of the molecule is CC(C)NC(=O)N1CCC2(CCC(N3CCc4ccccc4C3)CC2)CC1. The largest absolute Gasteiger partial charge is 0.336 e. The van der Waals surface area contributed by atoms with Crippen LogP contribution in [-0.2, 0) is 13.0 Å². The minimum atomic E-state index is 0.125. The van der Waals surface area contributed by atoms with E-state index in [1.807, 2.05) is 18.7 Å². The van der Waals surface area contributed by atoms with E-state index < -0.39 is 0 Å². The lowest BCUT2D eigenvalue weighted by molar-refractivity contribution is 0.0373. The van der Waals surface area contributed by atoms with E-state index in [-0.39, 0.29) is 12.1 Å². The van der Waals surface area contributed by atoms with Gasteiger partial charge in [-0.05, 0) is 75.3 Å². The Morgan fingerprint density at radius 2 is 1.70 bits per heavy atom. The Kier molecular flexibility index (Phi) is 5.45. The first-order chi connectivity index (χ1) is 13.0. The minimum absolute atomic E-state index is 0.125. The molecular weight excluding hydrogens is 334 g/mol. The first kappa shape index (κ1) is 18.8. The fraction of sp³-hybridized carbons (Fsp3) is 0.696. The quantitative estimate of drug-likeness (QED) is 0.848. The molecule has 1 aromatic carbocycles. The average molecular weight is 370 g/mol. The topological polar surface area (TPSA) is 35.6 Å². The van der Waals surface area contributed by atoms with Gasteiger partial charge in [0, 0.05) is 38.3 Å². The van der Waals surface area contributed by atoms with Gasteiger partial charge in [-0.1, -0.05) is 24.3 Å². The predicted octanol–water partition coefficient (Wildman–Crippen LogP) is 4.19. The van der Waals surface area contributed by atoms with Gasteiger partial charge in [0.15, 0.2) is 0 Å². The molecule has 0 aromatic heterocycles. The smallest absolute Gasteiger partial charge is 0.317 e. The Bertz CT molecular complexity index is 653. The fourth-order valence-corrected chi connectivity index (χ4v) is 5.43. The van der Waals surface area contributed by atoms with Crippen LogP contribution in [-0.4, -0.2) is 47.5 Å². The monoisotopic (exact) mass is 369 g/mol. The molecule has 2 fully saturated rings. The summed E-state index contributed by atoms with van der Waals surface area (Å²) < 4.78 is 0. The molecule has 1 aliphatic carbocycles. The van der Waals surface area contributed by atoms with Crippen LogP contribution in [0.2, 0.25) is 0 Å². The van der Waals surface area contributed by atoms with Crippen molar-refractivity contribution in [2.24, 2.45) is 5.41 Å². The second-order valence-electron chi connectivity index (χ2n) is 9.31. The van der Waals surface area contributed by atoms with Gasteiger partial charge in [0.05, 0.1) is 0 Å². The summed E-state index contributed by atoms with van der Waals surface area (Å²) in [4.78, 5) is 17.0. The van der Waals surface area contributed by atoms with E-state index in [4.69, 9.17) is 0 Å². The molecule has 2 heterocycles. The van der Waals surface area contributed by atoms with Crippen LogP contribution in [0.1, 0.15) is 63.5 Å². The van der Waals surface area contributed by atoms with Gasteiger partial charge in [-0.25, -0.2) is 4.79 Å². The average Bonchev–Trinajstić information content (AvgIpc) is 2.68. The number of piperidine rings is 1. The van der Waals surface area contributed by atoms with Crippen LogP contribution >= 0.6 is 0 Å². The van der Waals surface area contributed by atoms with Crippen molar-refractivity contribution in [2.45, 2.75) is 77.4 Å². The predicted molar refractivity (Wildman–Crippen MR) is 110 cm³/mol. The summed E-state index contributed by atoms with van der Waals surface area (Å²) in [5, 5.41) is 3.04. The third kappa shape index (κ3) is 4.16. The van der Waals surface area contributed by atoms with Gasteiger partial charge >= 0.3 is 6.03 Å². The number of amides is 2. The summed E-state index contributed by atoms with van der Waals surface area (Å²) in [7, 11) is 0. The van der Waals surface area contributed by atoms with Gasteiger partial charge in [-0.2, -0.15) is 0 Å². The number of carbonyl (C=O) groups is 1. The van der Waals surface area contributed by atoms with E-state index in [2.05, 4.69) is 34.5 Å². The van der Waals surface area contributed by atoms with Gasteiger partial charge in [0.1, 0.15) is 0 Å². The molecule has 1 saturated heterocycles. The highest BCUT2D eigenvalue weighted by Crippen LogP contribution is 2.46. The molecule has 1 saturated carbocycles. The van der Waals surface area contributed by atoms with Crippen molar-refractivity contribution in [2.75, 3.05) is 19.6 Å². The van der Waals surface area contributed by atoms with Crippen molar-refractivity contribution in [3.8, 4) is 0 Å². The molecule has 3 aliphatic rings. The van der Waals surface area contributed by atoms with E-state index >= 15 is 0 Å². The van der Waals surface area contributed by atoms with Gasteiger partial charge in [0.25, 0.3) is 0 Å². The Labute approximate surface area is 164 Å². The lowest BCUT2D eigenvalue weighted by Crippen LogP contribution is -2.50. The number of carbonyl (C=O) groups excluding carboxylic acids is 1. The summed E-state index contributed by atoms with van der Waals surface area (Å²) in [6.45, 7) is 8.28. The van der Waals surface area contributed by atoms with Crippen LogP contribution in [0.15, 0.2) is 24.3 Å². The standard InChI is InChI=1S/C23H35N3O/c1-18(2)24-22(27)25-15-12-23(13-16-25)10-7-21(8-11-23)26-14-9-19-5-3-4-6-20(19)17-26/h3-6,18,21H,7-17H2,1-2H3,(H,24,27). The summed E-state index contributed by atoms with van der Waals surface area (Å²) in [5.74, 6) is 0. The van der Waals surface area contributed by atoms with Crippen molar-refractivity contribution in [1.29, 1.82) is 0 Å². The van der Waals surface area contributed by atoms with Crippen molar-refractivity contribution in [3.05, 3.63) is 35.4 Å². The first-order valence-electron chi connectivity index (χ1n) is 10.9. The van der Waals surface area contributed by atoms with Gasteiger partial charge in [0.2, 0.25) is 0 Å². The minimum Gasteiger partial charge on any atom is -0.336 e. The Hall–Kier alpha value is -1.55. The highest BCUT2D eigenvalue weighted by molar-refractivity contribution is 5.74. The number of benzene rings is 1. The highest BCUT2D eigenvalue weighted by Gasteiger charge is 2.40. The van der Waals surface area contributed by atoms with Crippen LogP contribution in [0, 0.1) is 5.41 Å². The third-order valence-corrected chi connectivity index (χ3v) is 7.22. The number of fused-ring (bicyclic) bond motifs is 1. The zero-order valence-electron chi connectivity index (χ0n) is 17.0. The molecule has 0 atom stereocenters. The van der Waals surface area contributed by atoms with Gasteiger partial charge in [-0.3, -0.25) is 4.90 Å². The van der Waals surface area contributed by atoms with Crippen LogP contribution in [0.5, 0.6) is 0 Å². The van der Waals surface area contributed by atoms with E-state index in [9.17, 15) is 4.79 Å². The highest BCUT2D eigenvalue weighted by atomic mass is 16.2. The normalized spacial score (nSPS) is 23.4. The molecule has 1 aromatic rings. The Morgan fingerprint density at radius 3 is 2.37 bits per heavy atom. The van der Waals surface area contributed by atoms with Crippen LogP contribution < -0.4 is 5.32 Å². The maximum absolute atomic E-state index is 12.2. The number of urea groups is 1. The number of likely N-dealkylation sites (tertiary alicyclic amines) is 1. The molecule has 1 spiro atoms. The van der Waals surface area contributed by atoms with Gasteiger partial charge in [-0.15, -0.1) is 0 Å². The summed E-state index contributed by atoms with van der Waals surface area (Å²) in [6.07, 6.45) is 8.94. The van der Waals surface area contributed by atoms with Crippen LogP contribution in [0.25, 0.3) is 0 Å². The Morgan fingerprint density at radius 1 is 1.04 bits per heavy atom. The second-order valence-corrected chi connectivity index (χ2v) is 9.31. The molecule has 2 aliphatic heterocycles. The van der Waals surface area contributed by atoms with Gasteiger partial charge < -0.3 is 10.2 Å². The second kappa shape index (κ2) is 7.83. The van der Waals surface area contributed by atoms with Crippen LogP contribution in [0.3, 0.4) is 0 Å². The maximum Gasteiger partial charge on any atom is 0.317 e. The van der Waals surface area contributed by atoms with Crippen molar-refractivity contribution in [1.82, 2.24) is 15.1 Å². The lowest BCUT2D eigenvalue weighted by atomic mass is 9.66. The van der Waals surface area contributed by atoms with Crippen LogP contribution in [0.4, 0.5) is 4.79 Å². The molecule has 4 heteroatoms. The van der Waals surface area contributed by atoms with E-state index in [0.717, 1.165) is 25.7 Å². The molecule has 4 rings (SSSR count). The first-order valence-corrected chi connectivity index (χ1v) is 10.9. The Balaban J connectivity index is 1.28. The van der Waals surface area contributed by atoms with Crippen molar-refractivity contribution < 1.29 is 4.79 Å². The molecule has 2 amide bonds. The molecule has 27 heavy (non-hydrogen) atoms. The molecule has 1 N–H and O–H groups in total. The number of hydrogen-bond donors (Lipinski definition) is 1. The van der Waals surface area contributed by atoms with E-state index in [0.29, 0.717) is 5.41 Å². The number of rotatable bonds is 2. The third-order valence-electron chi connectivity index (χ3n) is 7.22. The number of nitrogens with zero attached hydrogens (tertiary/aromatic N) is 2. The summed E-state index contributed by atoms with van der Waals surface area (Å²) in [6, 6.07) is 10.1. The number of nitrogens with one attached hydrogen (secondary N) is 1. The molecule has 0 radical (unpaired) electrons. The molecule has 4 nitrogen and oxygen atoms in total. The molecule has 148 valence electrons. The summed E-state index contributed by atoms with van der Waals surface area (Å²) in [5.41, 5.74) is 3.58.